The van der Waals surface area contributed by atoms with Gasteiger partial charge in [-0.05, 0) is 47.5 Å². The monoisotopic (exact) mass is 504 g/mol. The van der Waals surface area contributed by atoms with Crippen molar-refractivity contribution >= 4 is 59.4 Å². The van der Waals surface area contributed by atoms with Crippen molar-refractivity contribution in [3.8, 4) is 0 Å². The Morgan fingerprint density at radius 3 is 1.95 bits per heavy atom. The van der Waals surface area contributed by atoms with E-state index in [1.165, 1.54) is 6.07 Å². The highest BCUT2D eigenvalue weighted by atomic mass is 79.9. The molecular formula is C14H7Br3ClF3. The molecule has 2 aromatic rings. The number of rotatable bonds is 2. The van der Waals surface area contributed by atoms with Crippen LogP contribution in [0, 0.1) is 0 Å². The van der Waals surface area contributed by atoms with Gasteiger partial charge in [-0.1, -0.05) is 47.8 Å². The van der Waals surface area contributed by atoms with E-state index in [2.05, 4.69) is 47.8 Å². The Labute approximate surface area is 150 Å². The summed E-state index contributed by atoms with van der Waals surface area (Å²) in [5, 5.41) is -0.714. The zero-order valence-electron chi connectivity index (χ0n) is 10.2. The third kappa shape index (κ3) is 4.03. The lowest BCUT2D eigenvalue weighted by molar-refractivity contribution is -0.137. The first-order valence-electron chi connectivity index (χ1n) is 5.66. The summed E-state index contributed by atoms with van der Waals surface area (Å²) in [6, 6.07) is 8.82. The molecule has 21 heavy (non-hydrogen) atoms. The predicted molar refractivity (Wildman–Crippen MR) is 88.7 cm³/mol. The summed E-state index contributed by atoms with van der Waals surface area (Å²) in [7, 11) is 0. The molecule has 0 saturated carbocycles. The van der Waals surface area contributed by atoms with E-state index in [0.29, 0.717) is 15.6 Å². The van der Waals surface area contributed by atoms with E-state index in [4.69, 9.17) is 11.6 Å². The molecule has 0 aliphatic rings. The number of hydrogen-bond acceptors (Lipinski definition) is 0. The summed E-state index contributed by atoms with van der Waals surface area (Å²) < 4.78 is 40.6. The van der Waals surface area contributed by atoms with Crippen LogP contribution in [0.1, 0.15) is 22.1 Å². The first-order valence-corrected chi connectivity index (χ1v) is 8.47. The molecule has 0 saturated heterocycles. The minimum atomic E-state index is -4.40. The maximum absolute atomic E-state index is 12.8. The average Bonchev–Trinajstić information content (AvgIpc) is 2.40. The van der Waals surface area contributed by atoms with E-state index in [-0.39, 0.29) is 0 Å². The molecule has 0 nitrogen and oxygen atoms in total. The van der Waals surface area contributed by atoms with Gasteiger partial charge in [-0.15, -0.1) is 11.6 Å². The van der Waals surface area contributed by atoms with Gasteiger partial charge in [0, 0.05) is 13.4 Å². The molecule has 1 unspecified atom stereocenters. The third-order valence-corrected chi connectivity index (χ3v) is 5.24. The Hall–Kier alpha value is -0.0400. The fourth-order valence-corrected chi connectivity index (χ4v) is 3.75. The highest BCUT2D eigenvalue weighted by molar-refractivity contribution is 9.11. The second-order valence-electron chi connectivity index (χ2n) is 4.26. The van der Waals surface area contributed by atoms with Crippen LogP contribution in [0.4, 0.5) is 13.2 Å². The van der Waals surface area contributed by atoms with Crippen molar-refractivity contribution in [2.45, 2.75) is 11.6 Å². The van der Waals surface area contributed by atoms with Gasteiger partial charge in [0.15, 0.2) is 0 Å². The molecule has 0 N–H and O–H groups in total. The lowest BCUT2D eigenvalue weighted by atomic mass is 10.0. The minimum absolute atomic E-state index is 0.366. The van der Waals surface area contributed by atoms with Gasteiger partial charge >= 0.3 is 6.18 Å². The minimum Gasteiger partial charge on any atom is -0.166 e. The quantitative estimate of drug-likeness (QED) is 0.374. The molecule has 0 fully saturated rings. The molecule has 2 aromatic carbocycles. The maximum Gasteiger partial charge on any atom is 0.416 e. The molecule has 0 bridgehead atoms. The maximum atomic E-state index is 12.8. The molecular weight excluding hydrogens is 500 g/mol. The summed E-state index contributed by atoms with van der Waals surface area (Å²) in [5.41, 5.74) is 0.328. The lowest BCUT2D eigenvalue weighted by Gasteiger charge is -2.17. The van der Waals surface area contributed by atoms with E-state index >= 15 is 0 Å². The summed E-state index contributed by atoms with van der Waals surface area (Å²) >= 11 is 16.3. The smallest absolute Gasteiger partial charge is 0.166 e. The molecule has 7 heteroatoms. The average molecular weight is 507 g/mol. The highest BCUT2D eigenvalue weighted by Crippen LogP contribution is 2.41. The fourth-order valence-electron chi connectivity index (χ4n) is 1.79. The molecule has 0 radical (unpaired) electrons. The topological polar surface area (TPSA) is 0 Å². The standard InChI is InChI=1S/C14H7Br3ClF3/c15-8-2-4-12(17)10(6-8)13(18)9-5-7(14(19,20)21)1-3-11(9)16/h1-6,13H. The van der Waals surface area contributed by atoms with Crippen molar-refractivity contribution in [2.75, 3.05) is 0 Å². The van der Waals surface area contributed by atoms with Gasteiger partial charge in [-0.25, -0.2) is 0 Å². The summed E-state index contributed by atoms with van der Waals surface area (Å²) in [5.74, 6) is 0. The summed E-state index contributed by atoms with van der Waals surface area (Å²) in [6.45, 7) is 0. The lowest BCUT2D eigenvalue weighted by Crippen LogP contribution is -2.07. The molecule has 2 rings (SSSR count). The molecule has 112 valence electrons. The van der Waals surface area contributed by atoms with E-state index in [0.717, 1.165) is 21.1 Å². The van der Waals surface area contributed by atoms with Crippen LogP contribution in [0.5, 0.6) is 0 Å². The van der Waals surface area contributed by atoms with Gasteiger partial charge in [0.1, 0.15) is 0 Å². The molecule has 0 spiro atoms. The molecule has 0 amide bonds. The normalized spacial score (nSPS) is 13.3. The van der Waals surface area contributed by atoms with Crippen molar-refractivity contribution in [1.82, 2.24) is 0 Å². The van der Waals surface area contributed by atoms with Crippen molar-refractivity contribution in [2.24, 2.45) is 0 Å². The summed E-state index contributed by atoms with van der Waals surface area (Å²) in [6.07, 6.45) is -4.40. The van der Waals surface area contributed by atoms with Gasteiger partial charge < -0.3 is 0 Å². The zero-order chi connectivity index (χ0) is 15.8. The Morgan fingerprint density at radius 2 is 1.38 bits per heavy atom. The van der Waals surface area contributed by atoms with Gasteiger partial charge in [-0.3, -0.25) is 0 Å². The third-order valence-electron chi connectivity index (χ3n) is 2.83. The van der Waals surface area contributed by atoms with E-state index in [1.807, 2.05) is 6.07 Å². The Morgan fingerprint density at radius 1 is 0.857 bits per heavy atom. The van der Waals surface area contributed by atoms with Crippen LogP contribution in [0.3, 0.4) is 0 Å². The second-order valence-corrected chi connectivity index (χ2v) is 7.32. The van der Waals surface area contributed by atoms with Crippen LogP contribution in [-0.4, -0.2) is 0 Å². The first kappa shape index (κ1) is 17.3. The number of alkyl halides is 4. The van der Waals surface area contributed by atoms with Gasteiger partial charge in [0.05, 0.1) is 10.9 Å². The Kier molecular flexibility index (Phi) is 5.45. The summed E-state index contributed by atoms with van der Waals surface area (Å²) in [4.78, 5) is 0. The van der Waals surface area contributed by atoms with E-state index in [9.17, 15) is 13.2 Å². The van der Waals surface area contributed by atoms with Crippen molar-refractivity contribution in [3.63, 3.8) is 0 Å². The molecule has 0 aromatic heterocycles. The van der Waals surface area contributed by atoms with Gasteiger partial charge in [0.25, 0.3) is 0 Å². The number of hydrogen-bond donors (Lipinski definition) is 0. The molecule has 0 aliphatic heterocycles. The van der Waals surface area contributed by atoms with Crippen LogP contribution in [0.25, 0.3) is 0 Å². The fraction of sp³-hybridized carbons (Fsp3) is 0.143. The zero-order valence-corrected chi connectivity index (χ0v) is 15.7. The highest BCUT2D eigenvalue weighted by Gasteiger charge is 2.32. The largest absolute Gasteiger partial charge is 0.416 e. The molecule has 0 aliphatic carbocycles. The van der Waals surface area contributed by atoms with Gasteiger partial charge in [-0.2, -0.15) is 13.2 Å². The Balaban J connectivity index is 2.52. The molecule has 1 atom stereocenters. The van der Waals surface area contributed by atoms with Crippen LogP contribution >= 0.6 is 59.4 Å². The number of halogens is 7. The van der Waals surface area contributed by atoms with E-state index < -0.39 is 17.1 Å². The van der Waals surface area contributed by atoms with Gasteiger partial charge in [0.2, 0.25) is 0 Å². The number of benzene rings is 2. The Bertz CT molecular complexity index is 671. The second kappa shape index (κ2) is 6.60. The van der Waals surface area contributed by atoms with E-state index in [1.54, 1.807) is 12.1 Å². The van der Waals surface area contributed by atoms with Crippen LogP contribution in [-0.2, 0) is 6.18 Å². The predicted octanol–water partition coefficient (Wildman–Crippen LogP) is 7.32. The van der Waals surface area contributed by atoms with Crippen LogP contribution < -0.4 is 0 Å². The van der Waals surface area contributed by atoms with Crippen molar-refractivity contribution in [1.29, 1.82) is 0 Å². The van der Waals surface area contributed by atoms with Crippen molar-refractivity contribution < 1.29 is 13.2 Å². The van der Waals surface area contributed by atoms with Crippen molar-refractivity contribution in [3.05, 3.63) is 66.5 Å². The molecule has 0 heterocycles. The SMILES string of the molecule is FC(F)(F)c1ccc(Br)c(C(Cl)c2cc(Br)ccc2Br)c1. The first-order chi connectivity index (χ1) is 9.70. The van der Waals surface area contributed by atoms with Crippen LogP contribution in [0.2, 0.25) is 0 Å². The van der Waals surface area contributed by atoms with Crippen LogP contribution in [0.15, 0.2) is 49.8 Å².